The van der Waals surface area contributed by atoms with E-state index < -0.39 is 0 Å². The third-order valence-electron chi connectivity index (χ3n) is 5.64. The zero-order valence-corrected chi connectivity index (χ0v) is 18.7. The van der Waals surface area contributed by atoms with Crippen molar-refractivity contribution < 1.29 is 4.79 Å². The number of carbonyl (C=O) groups excluding carboxylic acids is 1. The van der Waals surface area contributed by atoms with Gasteiger partial charge < -0.3 is 15.2 Å². The molecule has 0 bridgehead atoms. The van der Waals surface area contributed by atoms with Gasteiger partial charge in [-0.05, 0) is 32.0 Å². The number of thiophene rings is 1. The molecule has 0 saturated carbocycles. The zero-order valence-electron chi connectivity index (χ0n) is 17.9. The molecule has 1 saturated heterocycles. The molecule has 0 atom stereocenters. The second-order valence-corrected chi connectivity index (χ2v) is 8.72. The van der Waals surface area contributed by atoms with Gasteiger partial charge in [-0.1, -0.05) is 0 Å². The minimum atomic E-state index is -0.357. The number of piperazine rings is 1. The summed E-state index contributed by atoms with van der Waals surface area (Å²) in [5, 5.41) is 2.60. The summed E-state index contributed by atoms with van der Waals surface area (Å²) in [5.41, 5.74) is 2.36. The molecule has 4 rings (SSSR count). The second kappa shape index (κ2) is 8.64. The monoisotopic (exact) mass is 442 g/mol. The lowest BCUT2D eigenvalue weighted by atomic mass is 10.2. The van der Waals surface area contributed by atoms with Crippen LogP contribution in [0.5, 0.6) is 0 Å². The maximum absolute atomic E-state index is 12.5. The van der Waals surface area contributed by atoms with Crippen molar-refractivity contribution in [3.05, 3.63) is 55.3 Å². The topological polar surface area (TPSA) is 103 Å². The molecule has 10 heteroatoms. The highest BCUT2D eigenvalue weighted by atomic mass is 32.1. The first-order valence-electron chi connectivity index (χ1n) is 10.3. The first kappa shape index (κ1) is 21.3. The Morgan fingerprint density at radius 2 is 1.97 bits per heavy atom. The van der Waals surface area contributed by atoms with Crippen molar-refractivity contribution in [3.63, 3.8) is 0 Å². The number of hydrogen-bond donors (Lipinski definition) is 2. The van der Waals surface area contributed by atoms with E-state index in [0.29, 0.717) is 22.5 Å². The lowest BCUT2D eigenvalue weighted by molar-refractivity contribution is 0.0958. The molecule has 0 aromatic carbocycles. The Morgan fingerprint density at radius 3 is 2.61 bits per heavy atom. The lowest BCUT2D eigenvalue weighted by Gasteiger charge is -2.36. The van der Waals surface area contributed by atoms with Crippen molar-refractivity contribution in [2.24, 2.45) is 0 Å². The molecule has 9 nitrogen and oxygen atoms in total. The van der Waals surface area contributed by atoms with Crippen molar-refractivity contribution in [1.29, 1.82) is 0 Å². The SMILES string of the molecule is CCn1c(=O)[nH]c2cc(CN3CCN(c4ccc(C(=O)NC)nc4C)CC3)sc2c1=O. The molecular formula is C21H26N6O3S. The number of fused-ring (bicyclic) bond motifs is 1. The normalized spacial score (nSPS) is 14.9. The standard InChI is InChI=1S/C21H26N6O3S/c1-4-27-20(29)18-16(24-21(27)30)11-14(31-18)12-25-7-9-26(10-8-25)17-6-5-15(19(28)22-3)23-13(17)2/h5-6,11H,4,7-10,12H2,1-3H3,(H,22,28)(H,24,30). The summed E-state index contributed by atoms with van der Waals surface area (Å²) < 4.78 is 1.83. The maximum atomic E-state index is 12.5. The smallest absolute Gasteiger partial charge is 0.328 e. The van der Waals surface area contributed by atoms with E-state index in [2.05, 4.69) is 25.1 Å². The van der Waals surface area contributed by atoms with E-state index >= 15 is 0 Å². The molecule has 0 aliphatic carbocycles. The van der Waals surface area contributed by atoms with E-state index in [4.69, 9.17) is 0 Å². The van der Waals surface area contributed by atoms with E-state index in [0.717, 1.165) is 49.0 Å². The first-order chi connectivity index (χ1) is 14.9. The van der Waals surface area contributed by atoms with Crippen LogP contribution in [0, 0.1) is 6.92 Å². The zero-order chi connectivity index (χ0) is 22.1. The van der Waals surface area contributed by atoms with E-state index in [9.17, 15) is 14.4 Å². The van der Waals surface area contributed by atoms with E-state index in [1.807, 2.05) is 19.1 Å². The average molecular weight is 443 g/mol. The van der Waals surface area contributed by atoms with E-state index in [1.165, 1.54) is 15.9 Å². The van der Waals surface area contributed by atoms with Crippen LogP contribution in [0.4, 0.5) is 5.69 Å². The molecule has 1 fully saturated rings. The van der Waals surface area contributed by atoms with Crippen molar-refractivity contribution in [2.45, 2.75) is 26.9 Å². The number of aryl methyl sites for hydroxylation is 1. The predicted molar refractivity (Wildman–Crippen MR) is 122 cm³/mol. The van der Waals surface area contributed by atoms with Crippen molar-refractivity contribution >= 4 is 33.1 Å². The molecule has 31 heavy (non-hydrogen) atoms. The van der Waals surface area contributed by atoms with Gasteiger partial charge in [0.2, 0.25) is 0 Å². The highest BCUT2D eigenvalue weighted by molar-refractivity contribution is 7.18. The molecule has 1 aliphatic rings. The van der Waals surface area contributed by atoms with Gasteiger partial charge in [0.05, 0.1) is 16.9 Å². The molecule has 2 N–H and O–H groups in total. The Labute approximate surface area is 183 Å². The molecular weight excluding hydrogens is 416 g/mol. The fraction of sp³-hybridized carbons (Fsp3) is 0.429. The lowest BCUT2D eigenvalue weighted by Crippen LogP contribution is -2.46. The van der Waals surface area contributed by atoms with E-state index in [1.54, 1.807) is 20.0 Å². The van der Waals surface area contributed by atoms with Crippen molar-refractivity contribution in [2.75, 3.05) is 38.1 Å². The summed E-state index contributed by atoms with van der Waals surface area (Å²) in [5.74, 6) is -0.185. The molecule has 1 amide bonds. The summed E-state index contributed by atoms with van der Waals surface area (Å²) >= 11 is 1.46. The summed E-state index contributed by atoms with van der Waals surface area (Å²) in [6, 6.07) is 5.64. The number of H-pyrrole nitrogens is 1. The number of rotatable bonds is 5. The Kier molecular flexibility index (Phi) is 5.92. The highest BCUT2D eigenvalue weighted by Crippen LogP contribution is 2.24. The van der Waals surface area contributed by atoms with Crippen LogP contribution in [-0.2, 0) is 13.1 Å². The summed E-state index contributed by atoms with van der Waals surface area (Å²) in [4.78, 5) is 49.3. The highest BCUT2D eigenvalue weighted by Gasteiger charge is 2.21. The number of aromatic nitrogens is 3. The van der Waals surface area contributed by atoms with Gasteiger partial charge in [0.25, 0.3) is 11.5 Å². The van der Waals surface area contributed by atoms with E-state index in [-0.39, 0.29) is 17.2 Å². The van der Waals surface area contributed by atoms with Crippen LogP contribution in [0.3, 0.4) is 0 Å². The molecule has 4 heterocycles. The number of pyridine rings is 1. The minimum Gasteiger partial charge on any atom is -0.368 e. The average Bonchev–Trinajstić information content (AvgIpc) is 3.16. The van der Waals surface area contributed by atoms with Gasteiger partial charge in [-0.3, -0.25) is 19.1 Å². The second-order valence-electron chi connectivity index (χ2n) is 7.58. The molecule has 164 valence electrons. The molecule has 0 unspecified atom stereocenters. The van der Waals surface area contributed by atoms with Crippen LogP contribution >= 0.6 is 11.3 Å². The number of hydrogen-bond acceptors (Lipinski definition) is 7. The summed E-state index contributed by atoms with van der Waals surface area (Å²) in [6.45, 7) is 8.28. The fourth-order valence-corrected chi connectivity index (χ4v) is 5.07. The molecule has 1 aliphatic heterocycles. The van der Waals surface area contributed by atoms with Gasteiger partial charge in [-0.25, -0.2) is 9.78 Å². The number of nitrogens with one attached hydrogen (secondary N) is 2. The third-order valence-corrected chi connectivity index (χ3v) is 6.74. The molecule has 3 aromatic heterocycles. The van der Waals surface area contributed by atoms with Gasteiger partial charge in [0, 0.05) is 51.2 Å². The Balaban J connectivity index is 1.44. The Morgan fingerprint density at radius 1 is 1.23 bits per heavy atom. The quantitative estimate of drug-likeness (QED) is 0.615. The van der Waals surface area contributed by atoms with Crippen LogP contribution < -0.4 is 21.5 Å². The number of carbonyl (C=O) groups is 1. The van der Waals surface area contributed by atoms with Crippen LogP contribution in [0.1, 0.15) is 28.0 Å². The number of aromatic amines is 1. The molecule has 0 spiro atoms. The van der Waals surface area contributed by atoms with Gasteiger partial charge in [-0.15, -0.1) is 11.3 Å². The predicted octanol–water partition coefficient (Wildman–Crippen LogP) is 1.16. The van der Waals surface area contributed by atoms with Gasteiger partial charge in [0.1, 0.15) is 10.4 Å². The van der Waals surface area contributed by atoms with Crippen LogP contribution in [0.2, 0.25) is 0 Å². The van der Waals surface area contributed by atoms with Crippen molar-refractivity contribution in [1.82, 2.24) is 24.8 Å². The Hall–Kier alpha value is -2.98. The van der Waals surface area contributed by atoms with Crippen molar-refractivity contribution in [3.8, 4) is 0 Å². The number of nitrogens with zero attached hydrogens (tertiary/aromatic N) is 4. The Bertz CT molecular complexity index is 1240. The molecule has 0 radical (unpaired) electrons. The first-order valence-corrected chi connectivity index (χ1v) is 11.2. The van der Waals surface area contributed by atoms with Gasteiger partial charge >= 0.3 is 5.69 Å². The number of anilines is 1. The summed E-state index contributed by atoms with van der Waals surface area (Å²) in [6.07, 6.45) is 0. The third kappa shape index (κ3) is 4.13. The maximum Gasteiger partial charge on any atom is 0.328 e. The molecule has 3 aromatic rings. The largest absolute Gasteiger partial charge is 0.368 e. The summed E-state index contributed by atoms with van der Waals surface area (Å²) in [7, 11) is 1.60. The fourth-order valence-electron chi connectivity index (χ4n) is 3.97. The number of amides is 1. The van der Waals surface area contributed by atoms with Gasteiger partial charge in [0.15, 0.2) is 0 Å². The van der Waals surface area contributed by atoms with Crippen LogP contribution in [0.25, 0.3) is 10.2 Å². The van der Waals surface area contributed by atoms with Gasteiger partial charge in [-0.2, -0.15) is 0 Å². The van der Waals surface area contributed by atoms with Crippen LogP contribution in [0.15, 0.2) is 27.8 Å². The van der Waals surface area contributed by atoms with Crippen LogP contribution in [-0.4, -0.2) is 58.6 Å². The minimum absolute atomic E-state index is 0.185.